The average Bonchev–Trinajstić information content (AvgIpc) is 2.98. The number of benzene rings is 1. The lowest BCUT2D eigenvalue weighted by molar-refractivity contribution is -0.138. The van der Waals surface area contributed by atoms with E-state index in [9.17, 15) is 4.79 Å². The van der Waals surface area contributed by atoms with Crippen LogP contribution < -0.4 is 4.90 Å². The van der Waals surface area contributed by atoms with Gasteiger partial charge in [-0.15, -0.1) is 0 Å². The quantitative estimate of drug-likeness (QED) is 0.913. The van der Waals surface area contributed by atoms with Crippen LogP contribution in [-0.4, -0.2) is 60.9 Å². The third-order valence-electron chi connectivity index (χ3n) is 5.06. The number of likely N-dealkylation sites (tertiary alicyclic amines) is 1. The number of amides is 1. The van der Waals surface area contributed by atoms with Crippen LogP contribution in [0.3, 0.4) is 0 Å². The van der Waals surface area contributed by atoms with E-state index in [2.05, 4.69) is 36.2 Å². The molecule has 120 valence electrons. The van der Waals surface area contributed by atoms with Crippen LogP contribution in [0, 0.1) is 0 Å². The number of ether oxygens (including phenoxy) is 1. The maximum absolute atomic E-state index is 11.6. The molecule has 0 unspecified atom stereocenters. The van der Waals surface area contributed by atoms with Crippen LogP contribution in [0.15, 0.2) is 30.3 Å². The maximum Gasteiger partial charge on any atom is 0.248 e. The number of carbonyl (C=O) groups excluding carboxylic acids is 1. The van der Waals surface area contributed by atoms with Crippen molar-refractivity contribution in [3.8, 4) is 0 Å². The molecule has 0 saturated carbocycles. The van der Waals surface area contributed by atoms with Crippen LogP contribution >= 0.6 is 0 Å². The molecule has 1 amide bonds. The topological polar surface area (TPSA) is 53.0 Å². The molecule has 0 radical (unpaired) electrons. The first-order valence-electron chi connectivity index (χ1n) is 7.94. The van der Waals surface area contributed by atoms with Gasteiger partial charge in [-0.3, -0.25) is 4.79 Å². The summed E-state index contributed by atoms with van der Waals surface area (Å²) < 4.78 is 6.16. The Balaban J connectivity index is 1.60. The molecule has 1 atom stereocenters. The van der Waals surface area contributed by atoms with Gasteiger partial charge in [-0.1, -0.05) is 18.2 Å². The largest absolute Gasteiger partial charge is 0.387 e. The summed E-state index contributed by atoms with van der Waals surface area (Å²) in [5.74, 6) is -0.175. The summed E-state index contributed by atoms with van der Waals surface area (Å²) in [5.41, 5.74) is 1.11. The molecule has 2 heterocycles. The lowest BCUT2D eigenvalue weighted by Crippen LogP contribution is -2.47. The number of anilines is 1. The van der Waals surface area contributed by atoms with Crippen molar-refractivity contribution in [3.63, 3.8) is 0 Å². The standard InChI is InChI=1S/C17H24N2O3/c1-18(14-5-3-2-4-6-14)15-11-17(22-13-15)7-9-19(10-8-17)16(21)12-20/h2-6,15,20H,7-13H2,1H3/t15-/m0/s1. The van der Waals surface area contributed by atoms with Crippen molar-refractivity contribution in [1.29, 1.82) is 0 Å². The highest BCUT2D eigenvalue weighted by Gasteiger charge is 2.44. The van der Waals surface area contributed by atoms with Crippen molar-refractivity contribution in [2.75, 3.05) is 38.3 Å². The predicted molar refractivity (Wildman–Crippen MR) is 84.8 cm³/mol. The van der Waals surface area contributed by atoms with Gasteiger partial charge in [0.2, 0.25) is 5.91 Å². The van der Waals surface area contributed by atoms with Crippen molar-refractivity contribution in [1.82, 2.24) is 4.90 Å². The van der Waals surface area contributed by atoms with Crippen molar-refractivity contribution < 1.29 is 14.6 Å². The number of para-hydroxylation sites is 1. The summed E-state index contributed by atoms with van der Waals surface area (Å²) in [7, 11) is 2.12. The Labute approximate surface area is 131 Å². The highest BCUT2D eigenvalue weighted by molar-refractivity contribution is 5.77. The lowest BCUT2D eigenvalue weighted by Gasteiger charge is -2.38. The number of hydrogen-bond donors (Lipinski definition) is 1. The summed E-state index contributed by atoms with van der Waals surface area (Å²) in [5, 5.41) is 8.96. The molecule has 2 fully saturated rings. The molecule has 0 aromatic heterocycles. The fourth-order valence-electron chi connectivity index (χ4n) is 3.56. The first kappa shape index (κ1) is 15.3. The average molecular weight is 304 g/mol. The zero-order valence-electron chi connectivity index (χ0n) is 13.1. The van der Waals surface area contributed by atoms with Crippen LogP contribution in [0.2, 0.25) is 0 Å². The van der Waals surface area contributed by atoms with Gasteiger partial charge in [0.05, 0.1) is 18.2 Å². The van der Waals surface area contributed by atoms with Gasteiger partial charge >= 0.3 is 0 Å². The molecule has 1 aromatic rings. The monoisotopic (exact) mass is 304 g/mol. The molecule has 2 aliphatic rings. The molecular weight excluding hydrogens is 280 g/mol. The predicted octanol–water partition coefficient (Wildman–Crippen LogP) is 1.27. The number of aliphatic hydroxyl groups excluding tert-OH is 1. The molecule has 1 aromatic carbocycles. The van der Waals surface area contributed by atoms with E-state index >= 15 is 0 Å². The van der Waals surface area contributed by atoms with Crippen LogP contribution in [0.5, 0.6) is 0 Å². The molecule has 1 spiro atoms. The number of hydrogen-bond acceptors (Lipinski definition) is 4. The van der Waals surface area contributed by atoms with E-state index in [-0.39, 0.29) is 11.5 Å². The van der Waals surface area contributed by atoms with Crippen LogP contribution in [-0.2, 0) is 9.53 Å². The smallest absolute Gasteiger partial charge is 0.248 e. The summed E-state index contributed by atoms with van der Waals surface area (Å²) in [4.78, 5) is 15.6. The maximum atomic E-state index is 11.6. The minimum absolute atomic E-state index is 0.0973. The summed E-state index contributed by atoms with van der Waals surface area (Å²) in [6.45, 7) is 1.70. The summed E-state index contributed by atoms with van der Waals surface area (Å²) in [6.07, 6.45) is 2.72. The number of aliphatic hydroxyl groups is 1. The van der Waals surface area contributed by atoms with E-state index < -0.39 is 6.61 Å². The summed E-state index contributed by atoms with van der Waals surface area (Å²) in [6, 6.07) is 10.7. The van der Waals surface area contributed by atoms with E-state index in [1.165, 1.54) is 5.69 Å². The minimum atomic E-state index is -0.396. The Kier molecular flexibility index (Phi) is 4.36. The number of carbonyl (C=O) groups is 1. The molecule has 2 saturated heterocycles. The second kappa shape index (κ2) is 6.26. The van der Waals surface area contributed by atoms with E-state index in [1.54, 1.807) is 4.90 Å². The number of nitrogens with zero attached hydrogens (tertiary/aromatic N) is 2. The van der Waals surface area contributed by atoms with E-state index in [4.69, 9.17) is 9.84 Å². The molecule has 22 heavy (non-hydrogen) atoms. The van der Waals surface area contributed by atoms with Gasteiger partial charge in [0.25, 0.3) is 0 Å². The summed E-state index contributed by atoms with van der Waals surface area (Å²) >= 11 is 0. The van der Waals surface area contributed by atoms with Crippen molar-refractivity contribution >= 4 is 11.6 Å². The highest BCUT2D eigenvalue weighted by Crippen LogP contribution is 2.38. The third kappa shape index (κ3) is 2.96. The third-order valence-corrected chi connectivity index (χ3v) is 5.06. The van der Waals surface area contributed by atoms with Gasteiger partial charge in [0, 0.05) is 25.8 Å². The fourth-order valence-corrected chi connectivity index (χ4v) is 3.56. The van der Waals surface area contributed by atoms with Gasteiger partial charge in [-0.2, -0.15) is 0 Å². The number of likely N-dealkylation sites (N-methyl/N-ethyl adjacent to an activating group) is 1. The number of rotatable bonds is 3. The van der Waals surface area contributed by atoms with Gasteiger partial charge in [0.1, 0.15) is 6.61 Å². The Morgan fingerprint density at radius 2 is 2.05 bits per heavy atom. The van der Waals surface area contributed by atoms with Crippen LogP contribution in [0.1, 0.15) is 19.3 Å². The molecule has 5 heteroatoms. The van der Waals surface area contributed by atoms with Crippen molar-refractivity contribution in [2.24, 2.45) is 0 Å². The van der Waals surface area contributed by atoms with Crippen molar-refractivity contribution in [3.05, 3.63) is 30.3 Å². The van der Waals surface area contributed by atoms with Gasteiger partial charge in [-0.25, -0.2) is 0 Å². The van der Waals surface area contributed by atoms with E-state index in [1.807, 2.05) is 6.07 Å². The first-order chi connectivity index (χ1) is 10.6. The van der Waals surface area contributed by atoms with E-state index in [0.29, 0.717) is 19.1 Å². The SMILES string of the molecule is CN(c1ccccc1)[C@@H]1COC2(CCN(C(=O)CO)CC2)C1. The van der Waals surface area contributed by atoms with E-state index in [0.717, 1.165) is 25.9 Å². The molecule has 1 N–H and O–H groups in total. The second-order valence-electron chi connectivity index (χ2n) is 6.34. The Morgan fingerprint density at radius 1 is 1.36 bits per heavy atom. The van der Waals surface area contributed by atoms with Gasteiger partial charge in [0.15, 0.2) is 0 Å². The molecule has 3 rings (SSSR count). The molecule has 2 aliphatic heterocycles. The molecular formula is C17H24N2O3. The zero-order chi connectivity index (χ0) is 15.6. The van der Waals surface area contributed by atoms with Crippen LogP contribution in [0.4, 0.5) is 5.69 Å². The molecule has 5 nitrogen and oxygen atoms in total. The fraction of sp³-hybridized carbons (Fsp3) is 0.588. The van der Waals surface area contributed by atoms with Gasteiger partial charge in [-0.05, 0) is 31.4 Å². The van der Waals surface area contributed by atoms with Crippen LogP contribution in [0.25, 0.3) is 0 Å². The molecule has 0 bridgehead atoms. The minimum Gasteiger partial charge on any atom is -0.387 e. The zero-order valence-corrected chi connectivity index (χ0v) is 13.1. The van der Waals surface area contributed by atoms with Gasteiger partial charge < -0.3 is 19.6 Å². The van der Waals surface area contributed by atoms with Crippen molar-refractivity contribution in [2.45, 2.75) is 30.9 Å². The Morgan fingerprint density at radius 3 is 2.68 bits per heavy atom. The Hall–Kier alpha value is -1.59. The Bertz CT molecular complexity index is 512. The molecule has 0 aliphatic carbocycles. The normalized spacial score (nSPS) is 23.7. The highest BCUT2D eigenvalue weighted by atomic mass is 16.5. The number of piperidine rings is 1. The second-order valence-corrected chi connectivity index (χ2v) is 6.34. The lowest BCUT2D eigenvalue weighted by atomic mass is 9.87. The first-order valence-corrected chi connectivity index (χ1v) is 7.94.